The van der Waals surface area contributed by atoms with Crippen LogP contribution in [0, 0.1) is 6.92 Å². The Bertz CT molecular complexity index is 1020. The average Bonchev–Trinajstić information content (AvgIpc) is 3.06. The molecule has 2 aromatic rings. The van der Waals surface area contributed by atoms with Gasteiger partial charge in [0.2, 0.25) is 0 Å². The van der Waals surface area contributed by atoms with Gasteiger partial charge in [-0.1, -0.05) is 30.3 Å². The van der Waals surface area contributed by atoms with Crippen molar-refractivity contribution >= 4 is 45.6 Å². The molecule has 0 spiro atoms. The molecule has 11 nitrogen and oxygen atoms in total. The highest BCUT2D eigenvalue weighted by molar-refractivity contribution is 7.91. The van der Waals surface area contributed by atoms with Crippen LogP contribution in [0.2, 0.25) is 0 Å². The van der Waals surface area contributed by atoms with Crippen molar-refractivity contribution < 1.29 is 27.5 Å². The van der Waals surface area contributed by atoms with Gasteiger partial charge in [0.15, 0.2) is 5.82 Å². The second-order valence-corrected chi connectivity index (χ2v) is 8.47. The number of aryl methyl sites for hydroxylation is 1. The molecule has 1 saturated heterocycles. The van der Waals surface area contributed by atoms with Crippen LogP contribution in [0.1, 0.15) is 10.4 Å². The van der Waals surface area contributed by atoms with Crippen molar-refractivity contribution in [1.82, 2.24) is 19.3 Å². The zero-order valence-electron chi connectivity index (χ0n) is 15.1. The summed E-state index contributed by atoms with van der Waals surface area (Å²) in [5, 5.41) is 2.32. The Morgan fingerprint density at radius 3 is 2.66 bits per heavy atom. The topological polar surface area (TPSA) is 147 Å². The molecule has 3 rings (SSSR count). The van der Waals surface area contributed by atoms with Crippen LogP contribution < -0.4 is 14.8 Å². The van der Waals surface area contributed by atoms with Crippen molar-refractivity contribution in [2.75, 3.05) is 11.3 Å². The highest BCUT2D eigenvalue weighted by Crippen LogP contribution is 2.15. The third kappa shape index (κ3) is 5.42. The van der Waals surface area contributed by atoms with Crippen LogP contribution in [0.4, 0.5) is 15.4 Å². The van der Waals surface area contributed by atoms with E-state index >= 15 is 0 Å². The summed E-state index contributed by atoms with van der Waals surface area (Å²) in [4.78, 5) is 37.2. The summed E-state index contributed by atoms with van der Waals surface area (Å²) in [6.45, 7) is 1.58. The molecular weight excluding hydrogens is 422 g/mol. The van der Waals surface area contributed by atoms with E-state index in [1.807, 2.05) is 6.07 Å². The summed E-state index contributed by atoms with van der Waals surface area (Å²) in [5.41, 5.74) is 0.775. The number of β-lactam (4-membered cyclic amide) rings is 1. The molecule has 1 aliphatic heterocycles. The van der Waals surface area contributed by atoms with Gasteiger partial charge < -0.3 is 10.1 Å². The Morgan fingerprint density at radius 2 is 2.03 bits per heavy atom. The number of nitrogens with one attached hydrogen (secondary N) is 3. The van der Waals surface area contributed by atoms with Crippen molar-refractivity contribution in [2.24, 2.45) is 0 Å². The van der Waals surface area contributed by atoms with Gasteiger partial charge in [-0.3, -0.25) is 9.69 Å². The van der Waals surface area contributed by atoms with Crippen LogP contribution in [0.15, 0.2) is 36.4 Å². The molecule has 0 unspecified atom stereocenters. The number of carbonyl (C=O) groups is 3. The molecule has 1 aliphatic rings. The molecule has 2 heterocycles. The second-order valence-electron chi connectivity index (χ2n) is 6.04. The molecule has 1 fully saturated rings. The summed E-state index contributed by atoms with van der Waals surface area (Å²) in [6.07, 6.45) is -0.819. The summed E-state index contributed by atoms with van der Waals surface area (Å²) in [5.74, 6) is -0.692. The number of imide groups is 1. The Hall–Kier alpha value is -3.19. The highest BCUT2D eigenvalue weighted by atomic mass is 32.2. The van der Waals surface area contributed by atoms with Gasteiger partial charge in [0.25, 0.3) is 5.91 Å². The van der Waals surface area contributed by atoms with Crippen LogP contribution >= 0.6 is 11.5 Å². The number of hydrogen-bond acceptors (Lipinski definition) is 8. The molecule has 3 N–H and O–H groups in total. The number of nitrogens with zero attached hydrogens (tertiary/aromatic N) is 2. The Labute approximate surface area is 170 Å². The van der Waals surface area contributed by atoms with Gasteiger partial charge in [-0.2, -0.15) is 12.8 Å². The smallest absolute Gasteiger partial charge is 0.408 e. The van der Waals surface area contributed by atoms with Crippen molar-refractivity contribution in [3.63, 3.8) is 0 Å². The lowest BCUT2D eigenvalue weighted by Gasteiger charge is -2.36. The molecule has 29 heavy (non-hydrogen) atoms. The minimum absolute atomic E-state index is 0.0256. The predicted molar refractivity (Wildman–Crippen MR) is 103 cm³/mol. The average molecular weight is 439 g/mol. The lowest BCUT2D eigenvalue weighted by Crippen LogP contribution is -2.67. The van der Waals surface area contributed by atoms with Crippen LogP contribution in [0.3, 0.4) is 0 Å². The van der Waals surface area contributed by atoms with Crippen LogP contribution in [-0.4, -0.2) is 48.3 Å². The number of aromatic nitrogens is 1. The summed E-state index contributed by atoms with van der Waals surface area (Å²) in [7, 11) is -4.26. The molecule has 1 aromatic heterocycles. The number of carbonyl (C=O) groups excluding carboxylic acids is 3. The van der Waals surface area contributed by atoms with E-state index < -0.39 is 34.3 Å². The van der Waals surface area contributed by atoms with Gasteiger partial charge in [0.05, 0.1) is 6.54 Å². The monoisotopic (exact) mass is 439 g/mol. The first-order valence-electron chi connectivity index (χ1n) is 8.30. The first-order valence-corrected chi connectivity index (χ1v) is 10.6. The van der Waals surface area contributed by atoms with Gasteiger partial charge >= 0.3 is 22.3 Å². The van der Waals surface area contributed by atoms with Gasteiger partial charge in [-0.15, -0.1) is 0 Å². The minimum Gasteiger partial charge on any atom is -0.445 e. The van der Waals surface area contributed by atoms with Crippen LogP contribution in [0.25, 0.3) is 0 Å². The third-order valence-corrected chi connectivity index (χ3v) is 5.38. The van der Waals surface area contributed by atoms with Gasteiger partial charge in [0.1, 0.15) is 12.6 Å². The molecule has 1 atom stereocenters. The third-order valence-electron chi connectivity index (χ3n) is 3.77. The number of rotatable bonds is 6. The van der Waals surface area contributed by atoms with E-state index in [0.717, 1.165) is 22.0 Å². The van der Waals surface area contributed by atoms with Crippen molar-refractivity contribution in [2.45, 2.75) is 19.6 Å². The maximum absolute atomic E-state index is 12.0. The van der Waals surface area contributed by atoms with E-state index in [2.05, 4.69) is 14.4 Å². The lowest BCUT2D eigenvalue weighted by molar-refractivity contribution is -0.139. The van der Waals surface area contributed by atoms with Gasteiger partial charge in [0, 0.05) is 4.88 Å². The van der Waals surface area contributed by atoms with Gasteiger partial charge in [-0.25, -0.2) is 19.0 Å². The standard InChI is InChI=1S/C16H17N5O6S2/c1-10-7-13(18-28-10)19-29(25,26)20-15(23)21-8-12(14(21)22)17-16(24)27-9-11-5-3-2-4-6-11/h2-7,12H,8-9H2,1H3,(H,17,24)(H,18,19)(H,20,23)/t12-/m0/s1. The first-order chi connectivity index (χ1) is 13.7. The lowest BCUT2D eigenvalue weighted by atomic mass is 10.1. The Balaban J connectivity index is 1.44. The molecule has 154 valence electrons. The van der Waals surface area contributed by atoms with Crippen molar-refractivity contribution in [3.05, 3.63) is 46.8 Å². The molecule has 0 saturated carbocycles. The normalized spacial score (nSPS) is 16.0. The fraction of sp³-hybridized carbons (Fsp3) is 0.250. The quantitative estimate of drug-likeness (QED) is 0.568. The summed E-state index contributed by atoms with van der Waals surface area (Å²) in [6, 6.07) is 8.34. The van der Waals surface area contributed by atoms with E-state index in [1.165, 1.54) is 6.07 Å². The van der Waals surface area contributed by atoms with E-state index in [4.69, 9.17) is 4.74 Å². The molecule has 0 aliphatic carbocycles. The second kappa shape index (κ2) is 8.45. The molecule has 13 heteroatoms. The largest absolute Gasteiger partial charge is 0.445 e. The van der Waals surface area contributed by atoms with Crippen LogP contribution in [-0.2, 0) is 26.3 Å². The number of amides is 4. The maximum Gasteiger partial charge on any atom is 0.408 e. The fourth-order valence-corrected chi connectivity index (χ4v) is 3.71. The number of likely N-dealkylation sites (tertiary alicyclic amines) is 1. The molecule has 0 radical (unpaired) electrons. The Morgan fingerprint density at radius 1 is 1.31 bits per heavy atom. The highest BCUT2D eigenvalue weighted by Gasteiger charge is 2.43. The predicted octanol–water partition coefficient (Wildman–Crippen LogP) is 0.955. The Kier molecular flexibility index (Phi) is 5.98. The molecular formula is C16H17N5O6S2. The number of anilines is 1. The maximum atomic E-state index is 12.0. The molecule has 4 amide bonds. The summed E-state index contributed by atoms with van der Waals surface area (Å²) < 4.78 is 36.5. The van der Waals surface area contributed by atoms with E-state index in [1.54, 1.807) is 35.9 Å². The number of hydrogen-bond donors (Lipinski definition) is 3. The van der Waals surface area contributed by atoms with Crippen LogP contribution in [0.5, 0.6) is 0 Å². The van der Waals surface area contributed by atoms with E-state index in [-0.39, 0.29) is 19.0 Å². The van der Waals surface area contributed by atoms with Crippen molar-refractivity contribution in [3.8, 4) is 0 Å². The zero-order valence-corrected chi connectivity index (χ0v) is 16.7. The fourth-order valence-electron chi connectivity index (χ4n) is 2.37. The van der Waals surface area contributed by atoms with Gasteiger partial charge in [-0.05, 0) is 30.1 Å². The van der Waals surface area contributed by atoms with Crippen molar-refractivity contribution in [1.29, 1.82) is 0 Å². The molecule has 1 aromatic carbocycles. The number of ether oxygens (including phenoxy) is 1. The van der Waals surface area contributed by atoms with E-state index in [0.29, 0.717) is 4.90 Å². The molecule has 0 bridgehead atoms. The zero-order chi connectivity index (χ0) is 21.0. The van der Waals surface area contributed by atoms with E-state index in [9.17, 15) is 22.8 Å². The summed E-state index contributed by atoms with van der Waals surface area (Å²) >= 11 is 1.09. The SMILES string of the molecule is Cc1cc(NS(=O)(=O)NC(=O)N2C[C@H](NC(=O)OCc3ccccc3)C2=O)ns1. The first kappa shape index (κ1) is 20.5. The minimum atomic E-state index is -4.26. The number of urea groups is 1. The number of alkyl carbamates (subject to hydrolysis) is 1. The number of benzene rings is 1.